The Morgan fingerprint density at radius 1 is 1.11 bits per heavy atom. The molecule has 0 saturated carbocycles. The minimum absolute atomic E-state index is 0.0145. The fourth-order valence-corrected chi connectivity index (χ4v) is 4.17. The van der Waals surface area contributed by atoms with E-state index in [1.165, 1.54) is 22.5 Å². The van der Waals surface area contributed by atoms with E-state index in [1.54, 1.807) is 6.92 Å². The standard InChI is InChI=1S/C18H18F2N2O4S/c1-12-5-6-13(27(24,25)22-7-9-26-10-8-22)11-16(12)21-18(23)17-14(19)3-2-4-15(17)20/h2-6,11H,7-10H2,1H3,(H,21,23). The Balaban J connectivity index is 1.91. The molecule has 1 N–H and O–H groups in total. The molecule has 0 spiro atoms. The van der Waals surface area contributed by atoms with Crippen LogP contribution in [-0.4, -0.2) is 44.9 Å². The van der Waals surface area contributed by atoms with Crippen molar-refractivity contribution in [2.75, 3.05) is 31.6 Å². The average Bonchev–Trinajstić information content (AvgIpc) is 2.64. The van der Waals surface area contributed by atoms with E-state index >= 15 is 0 Å². The molecule has 0 bridgehead atoms. The molecule has 27 heavy (non-hydrogen) atoms. The van der Waals surface area contributed by atoms with Crippen LogP contribution >= 0.6 is 0 Å². The number of sulfonamides is 1. The Labute approximate surface area is 155 Å². The van der Waals surface area contributed by atoms with E-state index in [1.807, 2.05) is 0 Å². The Morgan fingerprint density at radius 3 is 2.37 bits per heavy atom. The van der Waals surface area contributed by atoms with Crippen molar-refractivity contribution in [3.05, 3.63) is 59.2 Å². The summed E-state index contributed by atoms with van der Waals surface area (Å²) in [6.07, 6.45) is 0. The average molecular weight is 396 g/mol. The maximum Gasteiger partial charge on any atom is 0.261 e. The van der Waals surface area contributed by atoms with Gasteiger partial charge < -0.3 is 10.1 Å². The van der Waals surface area contributed by atoms with Gasteiger partial charge in [0.2, 0.25) is 10.0 Å². The summed E-state index contributed by atoms with van der Waals surface area (Å²) in [6.45, 7) is 2.73. The van der Waals surface area contributed by atoms with Gasteiger partial charge in [-0.2, -0.15) is 4.31 Å². The molecular formula is C18H18F2N2O4S. The highest BCUT2D eigenvalue weighted by Gasteiger charge is 2.27. The molecule has 1 fully saturated rings. The van der Waals surface area contributed by atoms with Gasteiger partial charge in [-0.1, -0.05) is 12.1 Å². The van der Waals surface area contributed by atoms with Gasteiger partial charge in [0.25, 0.3) is 5.91 Å². The smallest absolute Gasteiger partial charge is 0.261 e. The number of aryl methyl sites for hydroxylation is 1. The molecule has 0 unspecified atom stereocenters. The van der Waals surface area contributed by atoms with Crippen LogP contribution in [0.2, 0.25) is 0 Å². The third-order valence-electron chi connectivity index (χ3n) is 4.25. The minimum Gasteiger partial charge on any atom is -0.379 e. The summed E-state index contributed by atoms with van der Waals surface area (Å²) in [5, 5.41) is 2.40. The molecule has 1 aliphatic heterocycles. The molecule has 1 heterocycles. The van der Waals surface area contributed by atoms with Crippen molar-refractivity contribution < 1.29 is 26.7 Å². The van der Waals surface area contributed by atoms with E-state index in [4.69, 9.17) is 4.74 Å². The van der Waals surface area contributed by atoms with Crippen LogP contribution in [0.15, 0.2) is 41.3 Å². The first kappa shape index (κ1) is 19.4. The number of nitrogens with zero attached hydrogens (tertiary/aromatic N) is 1. The number of ether oxygens (including phenoxy) is 1. The second-order valence-corrected chi connectivity index (χ2v) is 7.98. The van der Waals surface area contributed by atoms with E-state index in [2.05, 4.69) is 5.32 Å². The Hall–Kier alpha value is -2.36. The number of nitrogens with one attached hydrogen (secondary N) is 1. The molecule has 1 aliphatic rings. The molecule has 2 aromatic carbocycles. The number of anilines is 1. The number of amides is 1. The normalized spacial score (nSPS) is 15.5. The Bertz CT molecular complexity index is 953. The monoisotopic (exact) mass is 396 g/mol. The molecule has 0 radical (unpaired) electrons. The number of carbonyl (C=O) groups excluding carboxylic acids is 1. The van der Waals surface area contributed by atoms with Crippen molar-refractivity contribution >= 4 is 21.6 Å². The zero-order chi connectivity index (χ0) is 19.6. The molecular weight excluding hydrogens is 378 g/mol. The number of hydrogen-bond donors (Lipinski definition) is 1. The Morgan fingerprint density at radius 2 is 1.74 bits per heavy atom. The van der Waals surface area contributed by atoms with Gasteiger partial charge in [0.1, 0.15) is 17.2 Å². The van der Waals surface area contributed by atoms with Gasteiger partial charge in [0, 0.05) is 18.8 Å². The van der Waals surface area contributed by atoms with Crippen LogP contribution in [0.1, 0.15) is 15.9 Å². The van der Waals surface area contributed by atoms with Crippen molar-refractivity contribution in [3.63, 3.8) is 0 Å². The summed E-state index contributed by atoms with van der Waals surface area (Å²) >= 11 is 0. The van der Waals surface area contributed by atoms with Crippen LogP contribution in [0.4, 0.5) is 14.5 Å². The van der Waals surface area contributed by atoms with E-state index in [9.17, 15) is 22.0 Å². The van der Waals surface area contributed by atoms with Gasteiger partial charge >= 0.3 is 0 Å². The van der Waals surface area contributed by atoms with Crippen LogP contribution in [0.25, 0.3) is 0 Å². The quantitative estimate of drug-likeness (QED) is 0.862. The largest absolute Gasteiger partial charge is 0.379 e. The molecule has 3 rings (SSSR count). The first-order valence-corrected chi connectivity index (χ1v) is 9.68. The second-order valence-electron chi connectivity index (χ2n) is 6.04. The van der Waals surface area contributed by atoms with Crippen molar-refractivity contribution in [1.29, 1.82) is 0 Å². The molecule has 2 aromatic rings. The summed E-state index contributed by atoms with van der Waals surface area (Å²) < 4.78 is 59.6. The first-order valence-electron chi connectivity index (χ1n) is 8.24. The first-order chi connectivity index (χ1) is 12.8. The lowest BCUT2D eigenvalue weighted by molar-refractivity contribution is 0.0730. The number of morpholine rings is 1. The number of hydrogen-bond acceptors (Lipinski definition) is 4. The van der Waals surface area contributed by atoms with Gasteiger partial charge in [-0.25, -0.2) is 17.2 Å². The lowest BCUT2D eigenvalue weighted by Crippen LogP contribution is -2.40. The fraction of sp³-hybridized carbons (Fsp3) is 0.278. The highest BCUT2D eigenvalue weighted by Crippen LogP contribution is 2.25. The SMILES string of the molecule is Cc1ccc(S(=O)(=O)N2CCOCC2)cc1NC(=O)c1c(F)cccc1F. The lowest BCUT2D eigenvalue weighted by atomic mass is 10.1. The molecule has 9 heteroatoms. The topological polar surface area (TPSA) is 75.7 Å². The van der Waals surface area contributed by atoms with Crippen LogP contribution in [-0.2, 0) is 14.8 Å². The summed E-state index contributed by atoms with van der Waals surface area (Å²) in [5.41, 5.74) is -0.00338. The van der Waals surface area contributed by atoms with E-state index in [0.29, 0.717) is 18.8 Å². The van der Waals surface area contributed by atoms with Crippen LogP contribution in [0.3, 0.4) is 0 Å². The molecule has 0 aromatic heterocycles. The lowest BCUT2D eigenvalue weighted by Gasteiger charge is -2.26. The minimum atomic E-state index is -3.76. The van der Waals surface area contributed by atoms with Gasteiger partial charge in [-0.05, 0) is 36.8 Å². The number of rotatable bonds is 4. The van der Waals surface area contributed by atoms with E-state index < -0.39 is 33.1 Å². The highest BCUT2D eigenvalue weighted by atomic mass is 32.2. The van der Waals surface area contributed by atoms with Gasteiger partial charge in [-0.3, -0.25) is 4.79 Å². The molecule has 144 valence electrons. The number of halogens is 2. The zero-order valence-electron chi connectivity index (χ0n) is 14.5. The molecule has 0 atom stereocenters. The van der Waals surface area contributed by atoms with Crippen molar-refractivity contribution in [3.8, 4) is 0 Å². The predicted octanol–water partition coefficient (Wildman–Crippen LogP) is 2.55. The van der Waals surface area contributed by atoms with Gasteiger partial charge in [-0.15, -0.1) is 0 Å². The summed E-state index contributed by atoms with van der Waals surface area (Å²) in [5.74, 6) is -2.99. The molecule has 0 aliphatic carbocycles. The maximum absolute atomic E-state index is 13.8. The van der Waals surface area contributed by atoms with Crippen LogP contribution in [0.5, 0.6) is 0 Å². The van der Waals surface area contributed by atoms with E-state index in [0.717, 1.165) is 18.2 Å². The Kier molecular flexibility index (Phi) is 5.54. The number of carbonyl (C=O) groups is 1. The molecule has 1 saturated heterocycles. The third-order valence-corrected chi connectivity index (χ3v) is 6.15. The molecule has 6 nitrogen and oxygen atoms in total. The highest BCUT2D eigenvalue weighted by molar-refractivity contribution is 7.89. The summed E-state index contributed by atoms with van der Waals surface area (Å²) in [6, 6.07) is 7.35. The molecule has 1 amide bonds. The maximum atomic E-state index is 13.8. The second kappa shape index (κ2) is 7.71. The van der Waals surface area contributed by atoms with Crippen LogP contribution < -0.4 is 5.32 Å². The zero-order valence-corrected chi connectivity index (χ0v) is 15.4. The third kappa shape index (κ3) is 4.00. The summed E-state index contributed by atoms with van der Waals surface area (Å²) in [4.78, 5) is 12.3. The van der Waals surface area contributed by atoms with Gasteiger partial charge in [0.05, 0.1) is 18.1 Å². The summed E-state index contributed by atoms with van der Waals surface area (Å²) in [7, 11) is -3.76. The number of benzene rings is 2. The predicted molar refractivity (Wildman–Crippen MR) is 95.1 cm³/mol. The van der Waals surface area contributed by atoms with Crippen molar-refractivity contribution in [2.45, 2.75) is 11.8 Å². The van der Waals surface area contributed by atoms with Crippen LogP contribution in [0, 0.1) is 18.6 Å². The van der Waals surface area contributed by atoms with Crippen molar-refractivity contribution in [1.82, 2.24) is 4.31 Å². The van der Waals surface area contributed by atoms with Crippen molar-refractivity contribution in [2.24, 2.45) is 0 Å². The van der Waals surface area contributed by atoms with E-state index in [-0.39, 0.29) is 23.7 Å². The van der Waals surface area contributed by atoms with Gasteiger partial charge in [0.15, 0.2) is 0 Å². The fourth-order valence-electron chi connectivity index (χ4n) is 2.73.